The molecule has 35 heavy (non-hydrogen) atoms. The van der Waals surface area contributed by atoms with Gasteiger partial charge in [-0.3, -0.25) is 9.98 Å². The Kier molecular flexibility index (Phi) is 7.25. The molecule has 1 amide bonds. The van der Waals surface area contributed by atoms with Crippen molar-refractivity contribution in [1.82, 2.24) is 14.9 Å². The molecule has 2 aromatic rings. The molecule has 188 valence electrons. The number of fused-ring (bicyclic) bond motifs is 1. The summed E-state index contributed by atoms with van der Waals surface area (Å²) in [5.41, 5.74) is 15.2. The molecule has 1 aromatic heterocycles. The standard InChI is InChI=1S/C26H37N7O2/c1-17-16-32(7-8-33(17)25(34)35-26(2,3)4)21-5-6-22-23(11-21)31-24(15-30-22)19(13-28)14-29-20-9-18(10-20)12-27/h5-6,11,13-15,17-18,20H,7-10,12,16,27-28H2,1-4H3. The number of benzene rings is 1. The number of allylic oxidation sites excluding steroid dienone is 1. The normalized spacial score (nSPS) is 23.6. The van der Waals surface area contributed by atoms with E-state index < -0.39 is 5.60 Å². The van der Waals surface area contributed by atoms with Crippen molar-refractivity contribution >= 4 is 34.6 Å². The predicted octanol–water partition coefficient (Wildman–Crippen LogP) is 3.18. The fourth-order valence-electron chi connectivity index (χ4n) is 4.51. The van der Waals surface area contributed by atoms with Gasteiger partial charge in [-0.05, 0) is 71.2 Å². The Balaban J connectivity index is 1.46. The lowest BCUT2D eigenvalue weighted by Gasteiger charge is -2.41. The molecule has 1 atom stereocenters. The van der Waals surface area contributed by atoms with Crippen LogP contribution in [0.3, 0.4) is 0 Å². The highest BCUT2D eigenvalue weighted by molar-refractivity contribution is 6.09. The first kappa shape index (κ1) is 24.9. The summed E-state index contributed by atoms with van der Waals surface area (Å²) in [6.45, 7) is 10.5. The van der Waals surface area contributed by atoms with E-state index in [4.69, 9.17) is 21.2 Å². The summed E-state index contributed by atoms with van der Waals surface area (Å²) in [6, 6.07) is 6.41. The van der Waals surface area contributed by atoms with Gasteiger partial charge in [0.2, 0.25) is 0 Å². The van der Waals surface area contributed by atoms with Crippen molar-refractivity contribution in [3.05, 3.63) is 36.3 Å². The average Bonchev–Trinajstić information content (AvgIpc) is 2.78. The Morgan fingerprint density at radius 2 is 2.03 bits per heavy atom. The minimum Gasteiger partial charge on any atom is -0.444 e. The third-order valence-corrected chi connectivity index (χ3v) is 6.59. The number of aromatic nitrogens is 2. The van der Waals surface area contributed by atoms with Crippen molar-refractivity contribution in [1.29, 1.82) is 0 Å². The van der Waals surface area contributed by atoms with E-state index in [0.717, 1.165) is 41.7 Å². The summed E-state index contributed by atoms with van der Waals surface area (Å²) in [5.74, 6) is 0.579. The minimum absolute atomic E-state index is 0.0278. The summed E-state index contributed by atoms with van der Waals surface area (Å²) in [6.07, 6.45) is 6.85. The number of piperazine rings is 1. The van der Waals surface area contributed by atoms with Gasteiger partial charge in [0.1, 0.15) is 5.60 Å². The second kappa shape index (κ2) is 10.2. The third-order valence-electron chi connectivity index (χ3n) is 6.59. The number of rotatable bonds is 5. The summed E-state index contributed by atoms with van der Waals surface area (Å²) in [7, 11) is 0. The molecule has 1 unspecified atom stereocenters. The maximum Gasteiger partial charge on any atom is 0.410 e. The smallest absolute Gasteiger partial charge is 0.410 e. The van der Waals surface area contributed by atoms with E-state index in [1.54, 1.807) is 17.3 Å². The number of amides is 1. The molecule has 9 heteroatoms. The minimum atomic E-state index is -0.505. The van der Waals surface area contributed by atoms with Crippen LogP contribution in [0.2, 0.25) is 0 Å². The number of hydrogen-bond donors (Lipinski definition) is 2. The molecule has 4 rings (SSSR count). The largest absolute Gasteiger partial charge is 0.444 e. The van der Waals surface area contributed by atoms with Crippen molar-refractivity contribution in [2.24, 2.45) is 22.4 Å². The van der Waals surface area contributed by atoms with Crippen LogP contribution in [-0.4, -0.2) is 71.0 Å². The molecule has 1 aliphatic carbocycles. The third kappa shape index (κ3) is 5.90. The molecular formula is C26H37N7O2. The van der Waals surface area contributed by atoms with Crippen LogP contribution >= 0.6 is 0 Å². The molecule has 9 nitrogen and oxygen atoms in total. The number of nitrogens with two attached hydrogens (primary N) is 2. The van der Waals surface area contributed by atoms with Gasteiger partial charge in [0.25, 0.3) is 0 Å². The van der Waals surface area contributed by atoms with Crippen LogP contribution in [0.5, 0.6) is 0 Å². The molecule has 0 spiro atoms. The molecule has 1 saturated heterocycles. The van der Waals surface area contributed by atoms with Crippen LogP contribution in [0.25, 0.3) is 16.6 Å². The summed E-state index contributed by atoms with van der Waals surface area (Å²) in [4.78, 5) is 30.7. The van der Waals surface area contributed by atoms with Gasteiger partial charge >= 0.3 is 6.09 Å². The van der Waals surface area contributed by atoms with E-state index in [0.29, 0.717) is 37.3 Å². The van der Waals surface area contributed by atoms with Crippen LogP contribution in [0.1, 0.15) is 46.2 Å². The highest BCUT2D eigenvalue weighted by Gasteiger charge is 2.31. The summed E-state index contributed by atoms with van der Waals surface area (Å²) >= 11 is 0. The Morgan fingerprint density at radius 3 is 2.69 bits per heavy atom. The molecule has 4 N–H and O–H groups in total. The number of ether oxygens (including phenoxy) is 1. The maximum absolute atomic E-state index is 12.6. The fourth-order valence-corrected chi connectivity index (χ4v) is 4.51. The maximum atomic E-state index is 12.6. The first-order chi connectivity index (χ1) is 16.7. The molecule has 1 saturated carbocycles. The Labute approximate surface area is 207 Å². The summed E-state index contributed by atoms with van der Waals surface area (Å²) in [5, 5.41) is 0. The second-order valence-electron chi connectivity index (χ2n) is 10.5. The average molecular weight is 480 g/mol. The predicted molar refractivity (Wildman–Crippen MR) is 140 cm³/mol. The van der Waals surface area contributed by atoms with Gasteiger partial charge < -0.3 is 26.0 Å². The van der Waals surface area contributed by atoms with Gasteiger partial charge in [0.05, 0.1) is 29.0 Å². The lowest BCUT2D eigenvalue weighted by Crippen LogP contribution is -2.55. The first-order valence-electron chi connectivity index (χ1n) is 12.3. The molecule has 0 bridgehead atoms. The molecule has 0 radical (unpaired) electrons. The summed E-state index contributed by atoms with van der Waals surface area (Å²) < 4.78 is 5.57. The van der Waals surface area contributed by atoms with Gasteiger partial charge in [0.15, 0.2) is 0 Å². The van der Waals surface area contributed by atoms with Gasteiger partial charge in [-0.25, -0.2) is 9.78 Å². The Morgan fingerprint density at radius 1 is 1.26 bits per heavy atom. The van der Waals surface area contributed by atoms with E-state index >= 15 is 0 Å². The van der Waals surface area contributed by atoms with Crippen molar-refractivity contribution < 1.29 is 9.53 Å². The quantitative estimate of drug-likeness (QED) is 0.631. The van der Waals surface area contributed by atoms with E-state index in [-0.39, 0.29) is 12.1 Å². The lowest BCUT2D eigenvalue weighted by atomic mass is 9.81. The first-order valence-corrected chi connectivity index (χ1v) is 12.3. The fraction of sp³-hybridized carbons (Fsp3) is 0.538. The van der Waals surface area contributed by atoms with Gasteiger partial charge in [-0.1, -0.05) is 0 Å². The van der Waals surface area contributed by atoms with Crippen LogP contribution in [0.15, 0.2) is 35.6 Å². The second-order valence-corrected chi connectivity index (χ2v) is 10.5. The van der Waals surface area contributed by atoms with Crippen LogP contribution in [0.4, 0.5) is 10.5 Å². The van der Waals surface area contributed by atoms with Gasteiger partial charge in [-0.15, -0.1) is 0 Å². The molecule has 1 aromatic carbocycles. The zero-order valence-corrected chi connectivity index (χ0v) is 21.1. The molecule has 1 aliphatic heterocycles. The highest BCUT2D eigenvalue weighted by Crippen LogP contribution is 2.29. The number of hydrogen-bond acceptors (Lipinski definition) is 8. The zero-order chi connectivity index (χ0) is 25.2. The van der Waals surface area contributed by atoms with Crippen molar-refractivity contribution in [2.75, 3.05) is 31.1 Å². The van der Waals surface area contributed by atoms with E-state index in [2.05, 4.69) is 20.9 Å². The van der Waals surface area contributed by atoms with E-state index in [1.165, 1.54) is 6.20 Å². The lowest BCUT2D eigenvalue weighted by molar-refractivity contribution is 0.0159. The molecule has 2 fully saturated rings. The zero-order valence-electron chi connectivity index (χ0n) is 21.1. The van der Waals surface area contributed by atoms with E-state index in [1.807, 2.05) is 39.8 Å². The highest BCUT2D eigenvalue weighted by atomic mass is 16.6. The van der Waals surface area contributed by atoms with Crippen LogP contribution in [-0.2, 0) is 4.74 Å². The van der Waals surface area contributed by atoms with Gasteiger partial charge in [0, 0.05) is 49.4 Å². The number of carbonyl (C=O) groups excluding carboxylic acids is 1. The number of carbonyl (C=O) groups is 1. The van der Waals surface area contributed by atoms with Gasteiger partial charge in [-0.2, -0.15) is 0 Å². The van der Waals surface area contributed by atoms with Crippen molar-refractivity contribution in [3.8, 4) is 0 Å². The Bertz CT molecular complexity index is 1120. The number of aliphatic imine (C=N–C) groups is 1. The number of nitrogens with zero attached hydrogens (tertiary/aromatic N) is 5. The Hall–Kier alpha value is -3.20. The molecule has 2 aliphatic rings. The number of anilines is 1. The van der Waals surface area contributed by atoms with Crippen LogP contribution in [0, 0.1) is 5.92 Å². The van der Waals surface area contributed by atoms with Crippen molar-refractivity contribution in [3.63, 3.8) is 0 Å². The van der Waals surface area contributed by atoms with Crippen LogP contribution < -0.4 is 16.4 Å². The monoisotopic (exact) mass is 479 g/mol. The SMILES string of the molecule is CC1CN(c2ccc3ncc(C(C=NC4CC(CN)C4)=CN)nc3c2)CCN1C(=O)OC(C)(C)C. The molecule has 2 heterocycles. The topological polar surface area (TPSA) is 123 Å². The van der Waals surface area contributed by atoms with E-state index in [9.17, 15) is 4.79 Å². The molecular weight excluding hydrogens is 442 g/mol. The van der Waals surface area contributed by atoms with Crippen molar-refractivity contribution in [2.45, 2.75) is 58.2 Å².